The number of rotatable bonds is 2. The van der Waals surface area contributed by atoms with Gasteiger partial charge in [-0.25, -0.2) is 4.39 Å². The standard InChI is InChI=1S/C12H16FNO2/c1-16-11-3-2-9(13)8-10(11)12(15)4-6-14-7-5-12/h2-3,8,14-15H,4-7H2,1H3. The Kier molecular flexibility index (Phi) is 3.12. The van der Waals surface area contributed by atoms with Crippen molar-refractivity contribution in [2.75, 3.05) is 20.2 Å². The van der Waals surface area contributed by atoms with Crippen LogP contribution in [0, 0.1) is 5.82 Å². The molecule has 2 rings (SSSR count). The van der Waals surface area contributed by atoms with Crippen molar-refractivity contribution in [1.29, 1.82) is 0 Å². The SMILES string of the molecule is COc1ccc(F)cc1C1(O)CCNCC1. The second-order valence-electron chi connectivity index (χ2n) is 4.13. The zero-order valence-corrected chi connectivity index (χ0v) is 9.29. The number of hydrogen-bond acceptors (Lipinski definition) is 3. The summed E-state index contributed by atoms with van der Waals surface area (Å²) in [6.45, 7) is 1.46. The first kappa shape index (κ1) is 11.4. The monoisotopic (exact) mass is 225 g/mol. The minimum absolute atomic E-state index is 0.345. The molecule has 88 valence electrons. The summed E-state index contributed by atoms with van der Waals surface area (Å²) in [7, 11) is 1.53. The van der Waals surface area contributed by atoms with Crippen molar-refractivity contribution in [2.24, 2.45) is 0 Å². The van der Waals surface area contributed by atoms with E-state index in [0.29, 0.717) is 24.2 Å². The lowest BCUT2D eigenvalue weighted by Gasteiger charge is -2.33. The third kappa shape index (κ3) is 2.03. The number of methoxy groups -OCH3 is 1. The lowest BCUT2D eigenvalue weighted by molar-refractivity contribution is 0.00365. The Balaban J connectivity index is 2.40. The molecule has 0 amide bonds. The predicted molar refractivity (Wildman–Crippen MR) is 59.0 cm³/mol. The fourth-order valence-electron chi connectivity index (χ4n) is 2.15. The molecule has 0 aromatic heterocycles. The Labute approximate surface area is 94.2 Å². The van der Waals surface area contributed by atoms with E-state index in [4.69, 9.17) is 4.74 Å². The number of piperidine rings is 1. The van der Waals surface area contributed by atoms with E-state index in [1.807, 2.05) is 0 Å². The first-order chi connectivity index (χ1) is 7.65. The summed E-state index contributed by atoms with van der Waals surface area (Å²) < 4.78 is 18.4. The Hall–Kier alpha value is -1.13. The molecule has 1 aromatic carbocycles. The molecule has 0 radical (unpaired) electrons. The van der Waals surface area contributed by atoms with Gasteiger partial charge in [-0.2, -0.15) is 0 Å². The second-order valence-corrected chi connectivity index (χ2v) is 4.13. The van der Waals surface area contributed by atoms with Crippen molar-refractivity contribution < 1.29 is 14.2 Å². The van der Waals surface area contributed by atoms with Gasteiger partial charge in [-0.05, 0) is 44.1 Å². The highest BCUT2D eigenvalue weighted by molar-refractivity contribution is 5.38. The molecular formula is C12H16FNO2. The molecule has 16 heavy (non-hydrogen) atoms. The third-order valence-corrected chi connectivity index (χ3v) is 3.09. The van der Waals surface area contributed by atoms with Gasteiger partial charge in [0.05, 0.1) is 12.7 Å². The van der Waals surface area contributed by atoms with Crippen LogP contribution in [0.5, 0.6) is 5.75 Å². The number of halogens is 1. The molecule has 0 unspecified atom stereocenters. The van der Waals surface area contributed by atoms with Crippen LogP contribution in [0.4, 0.5) is 4.39 Å². The van der Waals surface area contributed by atoms with E-state index >= 15 is 0 Å². The van der Waals surface area contributed by atoms with E-state index in [0.717, 1.165) is 13.1 Å². The van der Waals surface area contributed by atoms with Crippen LogP contribution in [0.25, 0.3) is 0 Å². The maximum Gasteiger partial charge on any atom is 0.125 e. The fourth-order valence-corrected chi connectivity index (χ4v) is 2.15. The van der Waals surface area contributed by atoms with E-state index in [1.54, 1.807) is 6.07 Å². The van der Waals surface area contributed by atoms with Crippen LogP contribution < -0.4 is 10.1 Å². The van der Waals surface area contributed by atoms with E-state index in [1.165, 1.54) is 19.2 Å². The summed E-state index contributed by atoms with van der Waals surface area (Å²) in [5.41, 5.74) is -0.421. The van der Waals surface area contributed by atoms with Gasteiger partial charge in [-0.3, -0.25) is 0 Å². The molecule has 0 saturated carbocycles. The van der Waals surface area contributed by atoms with E-state index in [-0.39, 0.29) is 5.82 Å². The van der Waals surface area contributed by atoms with Gasteiger partial charge >= 0.3 is 0 Å². The summed E-state index contributed by atoms with van der Waals surface area (Å²) in [6.07, 6.45) is 1.15. The molecule has 1 heterocycles. The first-order valence-corrected chi connectivity index (χ1v) is 5.43. The van der Waals surface area contributed by atoms with Crippen LogP contribution in [-0.4, -0.2) is 25.3 Å². The van der Waals surface area contributed by atoms with E-state index < -0.39 is 5.60 Å². The summed E-state index contributed by atoms with van der Waals surface area (Å²) in [5, 5.41) is 13.7. The molecule has 0 aliphatic carbocycles. The van der Waals surface area contributed by atoms with Crippen LogP contribution in [-0.2, 0) is 5.60 Å². The maximum absolute atomic E-state index is 13.2. The molecule has 2 N–H and O–H groups in total. The van der Waals surface area contributed by atoms with Gasteiger partial charge in [0, 0.05) is 5.56 Å². The number of hydrogen-bond donors (Lipinski definition) is 2. The molecule has 1 aliphatic rings. The summed E-state index contributed by atoms with van der Waals surface area (Å²) in [4.78, 5) is 0. The molecule has 1 aliphatic heterocycles. The molecule has 1 aromatic rings. The number of aliphatic hydroxyl groups is 1. The average molecular weight is 225 g/mol. The highest BCUT2D eigenvalue weighted by Crippen LogP contribution is 2.36. The van der Waals surface area contributed by atoms with Gasteiger partial charge in [-0.15, -0.1) is 0 Å². The van der Waals surface area contributed by atoms with Crippen LogP contribution in [0.3, 0.4) is 0 Å². The van der Waals surface area contributed by atoms with Crippen LogP contribution >= 0.6 is 0 Å². The van der Waals surface area contributed by atoms with Gasteiger partial charge in [0.15, 0.2) is 0 Å². The minimum Gasteiger partial charge on any atom is -0.496 e. The van der Waals surface area contributed by atoms with Gasteiger partial charge in [-0.1, -0.05) is 0 Å². The molecular weight excluding hydrogens is 209 g/mol. The normalized spacial score (nSPS) is 19.4. The van der Waals surface area contributed by atoms with Crippen LogP contribution in [0.2, 0.25) is 0 Å². The van der Waals surface area contributed by atoms with Gasteiger partial charge in [0.25, 0.3) is 0 Å². The molecule has 0 spiro atoms. The number of benzene rings is 1. The van der Waals surface area contributed by atoms with Gasteiger partial charge in [0.1, 0.15) is 11.6 Å². The largest absolute Gasteiger partial charge is 0.496 e. The summed E-state index contributed by atoms with van der Waals surface area (Å²) >= 11 is 0. The highest BCUT2D eigenvalue weighted by atomic mass is 19.1. The molecule has 0 atom stereocenters. The Morgan fingerprint density at radius 3 is 2.69 bits per heavy atom. The lowest BCUT2D eigenvalue weighted by atomic mass is 9.84. The molecule has 0 bridgehead atoms. The summed E-state index contributed by atoms with van der Waals surface area (Å²) in [5.74, 6) is 0.202. The quantitative estimate of drug-likeness (QED) is 0.799. The molecule has 4 heteroatoms. The van der Waals surface area contributed by atoms with Crippen molar-refractivity contribution in [1.82, 2.24) is 5.32 Å². The Bertz CT molecular complexity index is 375. The first-order valence-electron chi connectivity index (χ1n) is 5.43. The van der Waals surface area contributed by atoms with E-state index in [2.05, 4.69) is 5.32 Å². The average Bonchev–Trinajstić information content (AvgIpc) is 2.30. The van der Waals surface area contributed by atoms with Crippen LogP contribution in [0.15, 0.2) is 18.2 Å². The Morgan fingerprint density at radius 1 is 1.38 bits per heavy atom. The third-order valence-electron chi connectivity index (χ3n) is 3.09. The van der Waals surface area contributed by atoms with Gasteiger partial charge < -0.3 is 15.2 Å². The molecule has 1 saturated heterocycles. The van der Waals surface area contributed by atoms with Crippen molar-refractivity contribution in [2.45, 2.75) is 18.4 Å². The van der Waals surface area contributed by atoms with Crippen molar-refractivity contribution in [3.8, 4) is 5.75 Å². The molecule has 1 fully saturated rings. The predicted octanol–water partition coefficient (Wildman–Crippen LogP) is 1.41. The van der Waals surface area contributed by atoms with Crippen molar-refractivity contribution >= 4 is 0 Å². The second kappa shape index (κ2) is 4.39. The maximum atomic E-state index is 13.2. The van der Waals surface area contributed by atoms with E-state index in [9.17, 15) is 9.50 Å². The lowest BCUT2D eigenvalue weighted by Crippen LogP contribution is -2.40. The van der Waals surface area contributed by atoms with Gasteiger partial charge in [0.2, 0.25) is 0 Å². The number of nitrogens with one attached hydrogen (secondary N) is 1. The smallest absolute Gasteiger partial charge is 0.125 e. The Morgan fingerprint density at radius 2 is 2.06 bits per heavy atom. The fraction of sp³-hybridized carbons (Fsp3) is 0.500. The van der Waals surface area contributed by atoms with Crippen molar-refractivity contribution in [3.63, 3.8) is 0 Å². The topological polar surface area (TPSA) is 41.5 Å². The van der Waals surface area contributed by atoms with Crippen molar-refractivity contribution in [3.05, 3.63) is 29.6 Å². The zero-order chi connectivity index (χ0) is 11.6. The van der Waals surface area contributed by atoms with Crippen LogP contribution in [0.1, 0.15) is 18.4 Å². The zero-order valence-electron chi connectivity index (χ0n) is 9.29. The minimum atomic E-state index is -0.974. The number of ether oxygens (including phenoxy) is 1. The summed E-state index contributed by atoms with van der Waals surface area (Å²) in [6, 6.07) is 4.27. The highest BCUT2D eigenvalue weighted by Gasteiger charge is 2.34. The molecule has 3 nitrogen and oxygen atoms in total.